The maximum atomic E-state index is 11.0. The molecule has 1 atom stereocenters. The average molecular weight is 366 g/mol. The molecule has 1 saturated heterocycles. The molecule has 1 unspecified atom stereocenters. The summed E-state index contributed by atoms with van der Waals surface area (Å²) >= 11 is 0. The molecule has 1 aliphatic rings. The summed E-state index contributed by atoms with van der Waals surface area (Å²) in [6.07, 6.45) is 1.54. The van der Waals surface area contributed by atoms with Gasteiger partial charge in [0.15, 0.2) is 6.29 Å². The van der Waals surface area contributed by atoms with E-state index in [4.69, 9.17) is 20.3 Å². The Morgan fingerprint density at radius 1 is 1.26 bits per heavy atom. The van der Waals surface area contributed by atoms with Gasteiger partial charge in [0.2, 0.25) is 0 Å². The van der Waals surface area contributed by atoms with E-state index in [1.165, 1.54) is 0 Å². The molecule has 2 aromatic carbocycles. The minimum atomic E-state index is -1.17. The number of hydrogen-bond donors (Lipinski definition) is 3. The third-order valence-electron chi connectivity index (χ3n) is 4.19. The zero-order chi connectivity index (χ0) is 19.1. The van der Waals surface area contributed by atoms with E-state index in [-0.39, 0.29) is 12.9 Å². The largest absolute Gasteiger partial charge is 0.465 e. The van der Waals surface area contributed by atoms with Gasteiger partial charge in [-0.15, -0.1) is 0 Å². The number of nitrogen functional groups attached to an aromatic ring is 1. The molecule has 6 nitrogen and oxygen atoms in total. The van der Waals surface area contributed by atoms with Gasteiger partial charge in [0.1, 0.15) is 0 Å². The zero-order valence-corrected chi connectivity index (χ0v) is 14.9. The first-order valence-electron chi connectivity index (χ1n) is 8.84. The summed E-state index contributed by atoms with van der Waals surface area (Å²) in [5.41, 5.74) is 8.95. The van der Waals surface area contributed by atoms with Gasteiger partial charge in [0, 0.05) is 17.7 Å². The molecule has 27 heavy (non-hydrogen) atoms. The van der Waals surface area contributed by atoms with Crippen molar-refractivity contribution in [1.82, 2.24) is 0 Å². The highest BCUT2D eigenvalue weighted by Crippen LogP contribution is 2.25. The number of carbonyl (C=O) groups is 1. The highest BCUT2D eigenvalue weighted by Gasteiger charge is 2.16. The van der Waals surface area contributed by atoms with Gasteiger partial charge < -0.3 is 20.3 Å². The number of benzene rings is 2. The van der Waals surface area contributed by atoms with Crippen LogP contribution < -0.4 is 11.1 Å². The van der Waals surface area contributed by atoms with E-state index in [1.54, 1.807) is 12.1 Å². The second kappa shape index (κ2) is 9.08. The number of nitrogens with one attached hydrogen (secondary N) is 1. The Labute approximate surface area is 158 Å². The Balaban J connectivity index is 1.86. The van der Waals surface area contributed by atoms with Gasteiger partial charge in [0.05, 0.1) is 18.0 Å². The zero-order valence-electron chi connectivity index (χ0n) is 14.9. The van der Waals surface area contributed by atoms with E-state index in [0.29, 0.717) is 23.5 Å². The summed E-state index contributed by atoms with van der Waals surface area (Å²) in [5.74, 6) is 6.21. The summed E-state index contributed by atoms with van der Waals surface area (Å²) in [6, 6.07) is 12.9. The van der Waals surface area contributed by atoms with Gasteiger partial charge in [-0.05, 0) is 49.1 Å². The minimum absolute atomic E-state index is 0.248. The van der Waals surface area contributed by atoms with Crippen molar-refractivity contribution >= 4 is 17.5 Å². The first-order valence-corrected chi connectivity index (χ1v) is 8.84. The first-order chi connectivity index (χ1) is 13.1. The minimum Gasteiger partial charge on any atom is -0.465 e. The maximum absolute atomic E-state index is 11.0. The van der Waals surface area contributed by atoms with Crippen LogP contribution >= 0.6 is 0 Å². The van der Waals surface area contributed by atoms with E-state index in [1.807, 2.05) is 30.3 Å². The fourth-order valence-corrected chi connectivity index (χ4v) is 2.81. The quantitative estimate of drug-likeness (QED) is 0.565. The van der Waals surface area contributed by atoms with Crippen LogP contribution in [0, 0.1) is 11.8 Å². The van der Waals surface area contributed by atoms with E-state index >= 15 is 0 Å². The second-order valence-corrected chi connectivity index (χ2v) is 6.25. The fraction of sp³-hybridized carbons (Fsp3) is 0.286. The predicted octanol–water partition coefficient (Wildman–Crippen LogP) is 3.80. The number of hydrogen-bond acceptors (Lipinski definition) is 4. The van der Waals surface area contributed by atoms with Gasteiger partial charge in [-0.1, -0.05) is 30.0 Å². The molecule has 1 fully saturated rings. The van der Waals surface area contributed by atoms with Crippen LogP contribution in [0.2, 0.25) is 0 Å². The number of rotatable bonds is 4. The van der Waals surface area contributed by atoms with Crippen LogP contribution in [0.1, 0.15) is 36.0 Å². The Morgan fingerprint density at radius 3 is 2.78 bits per heavy atom. The van der Waals surface area contributed by atoms with Crippen molar-refractivity contribution < 1.29 is 19.4 Å². The van der Waals surface area contributed by atoms with E-state index in [0.717, 1.165) is 30.4 Å². The molecule has 1 amide bonds. The van der Waals surface area contributed by atoms with Crippen LogP contribution in [0.4, 0.5) is 16.2 Å². The summed E-state index contributed by atoms with van der Waals surface area (Å²) in [6.45, 7) is 0.955. The summed E-state index contributed by atoms with van der Waals surface area (Å²) in [4.78, 5) is 11.0. The second-order valence-electron chi connectivity index (χ2n) is 6.25. The molecular weight excluding hydrogens is 344 g/mol. The van der Waals surface area contributed by atoms with Crippen molar-refractivity contribution in [2.24, 2.45) is 0 Å². The van der Waals surface area contributed by atoms with E-state index in [9.17, 15) is 4.79 Å². The molecule has 0 aromatic heterocycles. The van der Waals surface area contributed by atoms with Crippen molar-refractivity contribution in [3.05, 3.63) is 59.2 Å². The molecular formula is C21H22N2O4. The molecule has 0 spiro atoms. The molecule has 0 aliphatic carbocycles. The Bertz CT molecular complexity index is 850. The van der Waals surface area contributed by atoms with Crippen LogP contribution in [0.15, 0.2) is 42.5 Å². The van der Waals surface area contributed by atoms with Crippen LogP contribution in [0.25, 0.3) is 0 Å². The SMILES string of the molecule is Nc1cc(C#Cc2ccccc2)c(COC2CCCCO2)cc1NC(=O)O. The smallest absolute Gasteiger partial charge is 0.409 e. The summed E-state index contributed by atoms with van der Waals surface area (Å²) in [7, 11) is 0. The van der Waals surface area contributed by atoms with Crippen molar-refractivity contribution in [3.63, 3.8) is 0 Å². The standard InChI is InChI=1S/C21H22N2O4/c22-18-12-16(10-9-15-6-2-1-3-7-15)17(13-19(18)23-21(24)25)14-27-20-8-4-5-11-26-20/h1-3,6-7,12-13,20,23H,4-5,8,11,14,22H2,(H,24,25). The van der Waals surface area contributed by atoms with Crippen molar-refractivity contribution in [1.29, 1.82) is 0 Å². The number of amides is 1. The molecule has 4 N–H and O–H groups in total. The normalized spacial score (nSPS) is 16.2. The van der Waals surface area contributed by atoms with Crippen LogP contribution in [-0.2, 0) is 16.1 Å². The van der Waals surface area contributed by atoms with Gasteiger partial charge in [0.25, 0.3) is 0 Å². The lowest BCUT2D eigenvalue weighted by atomic mass is 10.0. The monoisotopic (exact) mass is 366 g/mol. The molecule has 0 bridgehead atoms. The van der Waals surface area contributed by atoms with Gasteiger partial charge >= 0.3 is 6.09 Å². The first kappa shape index (κ1) is 18.8. The Hall–Kier alpha value is -3.01. The summed E-state index contributed by atoms with van der Waals surface area (Å²) in [5, 5.41) is 11.3. The lowest BCUT2D eigenvalue weighted by Gasteiger charge is -2.23. The molecule has 1 aliphatic heterocycles. The van der Waals surface area contributed by atoms with Crippen molar-refractivity contribution in [3.8, 4) is 11.8 Å². The van der Waals surface area contributed by atoms with Crippen LogP contribution in [-0.4, -0.2) is 24.1 Å². The molecule has 6 heteroatoms. The Morgan fingerprint density at radius 2 is 2.07 bits per heavy atom. The molecule has 0 saturated carbocycles. The third-order valence-corrected chi connectivity index (χ3v) is 4.19. The predicted molar refractivity (Wildman–Crippen MR) is 103 cm³/mol. The fourth-order valence-electron chi connectivity index (χ4n) is 2.81. The van der Waals surface area contributed by atoms with Crippen molar-refractivity contribution in [2.45, 2.75) is 32.2 Å². The van der Waals surface area contributed by atoms with Crippen molar-refractivity contribution in [2.75, 3.05) is 17.7 Å². The van der Waals surface area contributed by atoms with E-state index < -0.39 is 6.09 Å². The van der Waals surface area contributed by atoms with Gasteiger partial charge in [-0.2, -0.15) is 0 Å². The molecule has 0 radical (unpaired) electrons. The van der Waals surface area contributed by atoms with Gasteiger partial charge in [-0.25, -0.2) is 4.79 Å². The molecule has 2 aromatic rings. The molecule has 1 heterocycles. The number of anilines is 2. The van der Waals surface area contributed by atoms with Crippen LogP contribution in [0.3, 0.4) is 0 Å². The van der Waals surface area contributed by atoms with E-state index in [2.05, 4.69) is 17.2 Å². The lowest BCUT2D eigenvalue weighted by Crippen LogP contribution is -2.22. The number of carboxylic acid groups (broad SMARTS) is 1. The maximum Gasteiger partial charge on any atom is 0.409 e. The highest BCUT2D eigenvalue weighted by molar-refractivity contribution is 5.88. The highest BCUT2D eigenvalue weighted by atomic mass is 16.7. The lowest BCUT2D eigenvalue weighted by molar-refractivity contribution is -0.168. The molecule has 140 valence electrons. The third kappa shape index (κ3) is 5.48. The summed E-state index contributed by atoms with van der Waals surface area (Å²) < 4.78 is 11.5. The van der Waals surface area contributed by atoms with Crippen LogP contribution in [0.5, 0.6) is 0 Å². The van der Waals surface area contributed by atoms with Gasteiger partial charge in [-0.3, -0.25) is 5.32 Å². The average Bonchev–Trinajstić information content (AvgIpc) is 2.68. The Kier molecular flexibility index (Phi) is 6.31. The number of ether oxygens (including phenoxy) is 2. The molecule has 3 rings (SSSR count). The topological polar surface area (TPSA) is 93.8 Å². The number of nitrogens with two attached hydrogens (primary N) is 1.